The lowest BCUT2D eigenvalue weighted by molar-refractivity contribution is -0.145. The summed E-state index contributed by atoms with van der Waals surface area (Å²) in [5.74, 6) is -0.891. The van der Waals surface area contributed by atoms with Crippen molar-refractivity contribution in [3.8, 4) is 0 Å². The first-order valence-corrected chi connectivity index (χ1v) is 5.00. The molecule has 14 heavy (non-hydrogen) atoms. The molecule has 2 aliphatic carbocycles. The predicted molar refractivity (Wildman–Crippen MR) is 49.7 cm³/mol. The standard InChI is InChI=1S/C10H15NO3/c1-7(12)11-6-10(8(13)14)5-9(10)3-2-4-9/h2-6H2,1H3,(H,11,12)(H,13,14). The van der Waals surface area contributed by atoms with Crippen LogP contribution in [-0.2, 0) is 9.59 Å². The van der Waals surface area contributed by atoms with E-state index in [0.717, 1.165) is 25.7 Å². The van der Waals surface area contributed by atoms with Crippen LogP contribution in [0.15, 0.2) is 0 Å². The molecule has 0 aromatic carbocycles. The summed E-state index contributed by atoms with van der Waals surface area (Å²) in [6, 6.07) is 0. The number of carboxylic acids is 1. The van der Waals surface area contributed by atoms with Crippen LogP contribution in [0.1, 0.15) is 32.6 Å². The molecule has 0 bridgehead atoms. The first-order valence-electron chi connectivity index (χ1n) is 5.00. The van der Waals surface area contributed by atoms with Crippen LogP contribution in [0, 0.1) is 10.8 Å². The van der Waals surface area contributed by atoms with Gasteiger partial charge in [-0.15, -0.1) is 0 Å². The van der Waals surface area contributed by atoms with E-state index >= 15 is 0 Å². The van der Waals surface area contributed by atoms with Gasteiger partial charge in [0.25, 0.3) is 0 Å². The molecular formula is C10H15NO3. The van der Waals surface area contributed by atoms with Crippen molar-refractivity contribution in [2.75, 3.05) is 6.54 Å². The minimum absolute atomic E-state index is 0.0291. The average molecular weight is 197 g/mol. The third kappa shape index (κ3) is 1.06. The number of nitrogens with one attached hydrogen (secondary N) is 1. The first-order chi connectivity index (χ1) is 6.52. The van der Waals surface area contributed by atoms with Crippen molar-refractivity contribution in [2.24, 2.45) is 10.8 Å². The normalized spacial score (nSPS) is 32.1. The Bertz CT molecular complexity index is 296. The van der Waals surface area contributed by atoms with Crippen molar-refractivity contribution < 1.29 is 14.7 Å². The number of carboxylic acid groups (broad SMARTS) is 1. The summed E-state index contributed by atoms with van der Waals surface area (Å²) >= 11 is 0. The van der Waals surface area contributed by atoms with Gasteiger partial charge in [0.15, 0.2) is 0 Å². The van der Waals surface area contributed by atoms with Crippen molar-refractivity contribution in [1.82, 2.24) is 5.32 Å². The number of aliphatic carboxylic acids is 1. The Kier molecular flexibility index (Phi) is 1.84. The molecule has 2 fully saturated rings. The van der Waals surface area contributed by atoms with Gasteiger partial charge in [0.05, 0.1) is 5.41 Å². The maximum Gasteiger partial charge on any atom is 0.312 e. The summed E-state index contributed by atoms with van der Waals surface area (Å²) in [5.41, 5.74) is -0.613. The van der Waals surface area contributed by atoms with Gasteiger partial charge in [-0.2, -0.15) is 0 Å². The lowest BCUT2D eigenvalue weighted by atomic mass is 9.75. The van der Waals surface area contributed by atoms with E-state index in [-0.39, 0.29) is 11.3 Å². The van der Waals surface area contributed by atoms with E-state index in [4.69, 9.17) is 5.11 Å². The summed E-state index contributed by atoms with van der Waals surface area (Å²) in [6.07, 6.45) is 3.91. The molecule has 0 aromatic rings. The third-order valence-electron chi connectivity index (χ3n) is 3.89. The van der Waals surface area contributed by atoms with E-state index in [9.17, 15) is 9.59 Å². The molecule has 1 atom stereocenters. The van der Waals surface area contributed by atoms with Gasteiger partial charge in [0.1, 0.15) is 0 Å². The molecule has 4 nitrogen and oxygen atoms in total. The van der Waals surface area contributed by atoms with Crippen LogP contribution in [-0.4, -0.2) is 23.5 Å². The smallest absolute Gasteiger partial charge is 0.312 e. The zero-order valence-corrected chi connectivity index (χ0v) is 8.30. The van der Waals surface area contributed by atoms with Gasteiger partial charge in [-0.25, -0.2) is 0 Å². The van der Waals surface area contributed by atoms with Gasteiger partial charge < -0.3 is 10.4 Å². The van der Waals surface area contributed by atoms with Gasteiger partial charge in [-0.05, 0) is 24.7 Å². The minimum Gasteiger partial charge on any atom is -0.481 e. The van der Waals surface area contributed by atoms with E-state index in [0.29, 0.717) is 6.54 Å². The van der Waals surface area contributed by atoms with Crippen LogP contribution in [0.25, 0.3) is 0 Å². The van der Waals surface area contributed by atoms with Gasteiger partial charge >= 0.3 is 5.97 Å². The van der Waals surface area contributed by atoms with Crippen molar-refractivity contribution in [3.05, 3.63) is 0 Å². The fourth-order valence-electron chi connectivity index (χ4n) is 2.70. The fourth-order valence-corrected chi connectivity index (χ4v) is 2.70. The molecular weight excluding hydrogens is 182 g/mol. The lowest BCUT2D eigenvalue weighted by Gasteiger charge is -2.30. The van der Waals surface area contributed by atoms with Crippen LogP contribution in [0.3, 0.4) is 0 Å². The van der Waals surface area contributed by atoms with Crippen molar-refractivity contribution in [2.45, 2.75) is 32.6 Å². The quantitative estimate of drug-likeness (QED) is 0.702. The number of amides is 1. The molecule has 1 amide bonds. The minimum atomic E-state index is -0.744. The second-order valence-corrected chi connectivity index (χ2v) is 4.61. The Morgan fingerprint density at radius 3 is 2.36 bits per heavy atom. The molecule has 2 aliphatic rings. The van der Waals surface area contributed by atoms with E-state index in [2.05, 4.69) is 5.32 Å². The summed E-state index contributed by atoms with van der Waals surface area (Å²) in [7, 11) is 0. The third-order valence-corrected chi connectivity index (χ3v) is 3.89. The predicted octanol–water partition coefficient (Wildman–Crippen LogP) is 0.767. The summed E-state index contributed by atoms with van der Waals surface area (Å²) in [6.45, 7) is 1.73. The zero-order valence-electron chi connectivity index (χ0n) is 8.30. The molecule has 0 heterocycles. The molecule has 4 heteroatoms. The maximum atomic E-state index is 11.2. The highest BCUT2D eigenvalue weighted by Gasteiger charge is 2.73. The van der Waals surface area contributed by atoms with Gasteiger partial charge in [0.2, 0.25) is 5.91 Å². The monoisotopic (exact) mass is 197 g/mol. The molecule has 0 aliphatic heterocycles. The maximum absolute atomic E-state index is 11.2. The molecule has 0 aromatic heterocycles. The lowest BCUT2D eigenvalue weighted by Crippen LogP contribution is -2.38. The average Bonchev–Trinajstić information content (AvgIpc) is 2.70. The number of carbonyl (C=O) groups is 2. The highest BCUT2D eigenvalue weighted by atomic mass is 16.4. The summed E-state index contributed by atoms with van der Waals surface area (Å²) in [5, 5.41) is 11.8. The molecule has 1 spiro atoms. The number of hydrogen-bond acceptors (Lipinski definition) is 2. The largest absolute Gasteiger partial charge is 0.481 e. The molecule has 0 radical (unpaired) electrons. The topological polar surface area (TPSA) is 66.4 Å². The van der Waals surface area contributed by atoms with Crippen molar-refractivity contribution >= 4 is 11.9 Å². The molecule has 1 unspecified atom stereocenters. The Hall–Kier alpha value is -1.06. The number of rotatable bonds is 3. The second kappa shape index (κ2) is 2.72. The second-order valence-electron chi connectivity index (χ2n) is 4.61. The molecule has 2 N–H and O–H groups in total. The van der Waals surface area contributed by atoms with Gasteiger partial charge in [-0.3, -0.25) is 9.59 Å². The van der Waals surface area contributed by atoms with Gasteiger partial charge in [0, 0.05) is 13.5 Å². The number of hydrogen-bond donors (Lipinski definition) is 2. The molecule has 2 rings (SSSR count). The zero-order chi connectivity index (χ0) is 10.4. The highest BCUT2D eigenvalue weighted by molar-refractivity contribution is 5.82. The Balaban J connectivity index is 2.03. The van der Waals surface area contributed by atoms with E-state index < -0.39 is 11.4 Å². The van der Waals surface area contributed by atoms with Crippen molar-refractivity contribution in [1.29, 1.82) is 0 Å². The molecule has 2 saturated carbocycles. The Labute approximate surface area is 82.7 Å². The highest BCUT2D eigenvalue weighted by Crippen LogP contribution is 2.73. The van der Waals surface area contributed by atoms with E-state index in [1.807, 2.05) is 0 Å². The van der Waals surface area contributed by atoms with Gasteiger partial charge in [-0.1, -0.05) is 6.42 Å². The number of carbonyl (C=O) groups excluding carboxylic acids is 1. The van der Waals surface area contributed by atoms with Crippen LogP contribution in [0.5, 0.6) is 0 Å². The van der Waals surface area contributed by atoms with E-state index in [1.165, 1.54) is 6.92 Å². The molecule has 0 saturated heterocycles. The summed E-state index contributed by atoms with van der Waals surface area (Å²) in [4.78, 5) is 21.9. The van der Waals surface area contributed by atoms with Crippen LogP contribution >= 0.6 is 0 Å². The SMILES string of the molecule is CC(=O)NCC1(C(=O)O)CC12CCC2. The first kappa shape index (κ1) is 9.49. The fraction of sp³-hybridized carbons (Fsp3) is 0.800. The summed E-state index contributed by atoms with van der Waals surface area (Å²) < 4.78 is 0. The van der Waals surface area contributed by atoms with Crippen LogP contribution in [0.2, 0.25) is 0 Å². The van der Waals surface area contributed by atoms with E-state index in [1.54, 1.807) is 0 Å². The Morgan fingerprint density at radius 1 is 1.43 bits per heavy atom. The van der Waals surface area contributed by atoms with Crippen molar-refractivity contribution in [3.63, 3.8) is 0 Å². The van der Waals surface area contributed by atoms with Crippen LogP contribution in [0.4, 0.5) is 0 Å². The molecule has 78 valence electrons. The van der Waals surface area contributed by atoms with Crippen LogP contribution < -0.4 is 5.32 Å². The Morgan fingerprint density at radius 2 is 2.07 bits per heavy atom.